The number of ether oxygens (including phenoxy) is 1. The normalized spacial score (nSPS) is 49.0. The van der Waals surface area contributed by atoms with Crippen LogP contribution in [-0.4, -0.2) is 23.3 Å². The standard InChI is InChI=1S/C17H28O3/c1-11(18)20-10-17(19)6-5-13-14(17)9-15(2,3)7-12-8-16(12,13)4/h12-14,19H,5-10H2,1-4H3. The van der Waals surface area contributed by atoms with Crippen LogP contribution in [0.5, 0.6) is 0 Å². The van der Waals surface area contributed by atoms with Crippen molar-refractivity contribution in [3.05, 3.63) is 0 Å². The molecule has 3 fully saturated rings. The number of hydrogen-bond acceptors (Lipinski definition) is 3. The lowest BCUT2D eigenvalue weighted by Crippen LogP contribution is -2.43. The molecule has 0 aromatic rings. The summed E-state index contributed by atoms with van der Waals surface area (Å²) in [4.78, 5) is 11.1. The van der Waals surface area contributed by atoms with Crippen molar-refractivity contribution in [2.45, 2.75) is 65.4 Å². The van der Waals surface area contributed by atoms with Gasteiger partial charge in [-0.3, -0.25) is 4.79 Å². The van der Waals surface area contributed by atoms with Gasteiger partial charge in [0, 0.05) is 6.92 Å². The van der Waals surface area contributed by atoms with Crippen molar-refractivity contribution in [1.29, 1.82) is 0 Å². The molecular weight excluding hydrogens is 252 g/mol. The number of carbonyl (C=O) groups excluding carboxylic acids is 1. The molecule has 3 nitrogen and oxygen atoms in total. The fraction of sp³-hybridized carbons (Fsp3) is 0.941. The Labute approximate surface area is 122 Å². The van der Waals surface area contributed by atoms with Crippen molar-refractivity contribution in [3.63, 3.8) is 0 Å². The predicted octanol–water partition coefficient (Wildman–Crippen LogP) is 3.15. The average molecular weight is 280 g/mol. The van der Waals surface area contributed by atoms with Gasteiger partial charge in [0.25, 0.3) is 0 Å². The minimum atomic E-state index is -0.798. The largest absolute Gasteiger partial charge is 0.463 e. The quantitative estimate of drug-likeness (QED) is 0.790. The van der Waals surface area contributed by atoms with Crippen molar-refractivity contribution in [1.82, 2.24) is 0 Å². The first-order valence-electron chi connectivity index (χ1n) is 8.02. The Hall–Kier alpha value is -0.570. The van der Waals surface area contributed by atoms with E-state index in [1.165, 1.54) is 19.8 Å². The molecule has 3 heteroatoms. The van der Waals surface area contributed by atoms with E-state index in [2.05, 4.69) is 20.8 Å². The van der Waals surface area contributed by atoms with Gasteiger partial charge in [0.1, 0.15) is 12.2 Å². The highest BCUT2D eigenvalue weighted by atomic mass is 16.5. The minimum Gasteiger partial charge on any atom is -0.463 e. The van der Waals surface area contributed by atoms with Crippen LogP contribution in [0.1, 0.15) is 59.8 Å². The Kier molecular flexibility index (Phi) is 3.03. The zero-order chi connectivity index (χ0) is 14.8. The third kappa shape index (κ3) is 2.18. The summed E-state index contributed by atoms with van der Waals surface area (Å²) < 4.78 is 5.18. The van der Waals surface area contributed by atoms with E-state index in [4.69, 9.17) is 4.74 Å². The molecule has 20 heavy (non-hydrogen) atoms. The average Bonchev–Trinajstić information content (AvgIpc) is 2.84. The Bertz CT molecular complexity index is 430. The minimum absolute atomic E-state index is 0.181. The monoisotopic (exact) mass is 280 g/mol. The Morgan fingerprint density at radius 3 is 2.55 bits per heavy atom. The molecule has 3 rings (SSSR count). The topological polar surface area (TPSA) is 46.5 Å². The van der Waals surface area contributed by atoms with Gasteiger partial charge in [0.2, 0.25) is 0 Å². The molecule has 0 aliphatic heterocycles. The predicted molar refractivity (Wildman–Crippen MR) is 77.0 cm³/mol. The van der Waals surface area contributed by atoms with Crippen molar-refractivity contribution >= 4 is 5.97 Å². The molecule has 0 aromatic carbocycles. The van der Waals surface area contributed by atoms with E-state index in [1.54, 1.807) is 0 Å². The Morgan fingerprint density at radius 1 is 1.20 bits per heavy atom. The van der Waals surface area contributed by atoms with Crippen LogP contribution in [-0.2, 0) is 9.53 Å². The smallest absolute Gasteiger partial charge is 0.302 e. The highest BCUT2D eigenvalue weighted by Crippen LogP contribution is 2.70. The Balaban J connectivity index is 1.85. The lowest BCUT2D eigenvalue weighted by molar-refractivity contribution is -0.153. The maximum absolute atomic E-state index is 11.1. The first-order chi connectivity index (χ1) is 9.16. The summed E-state index contributed by atoms with van der Waals surface area (Å²) in [5.74, 6) is 1.44. The molecule has 0 heterocycles. The fourth-order valence-corrected chi connectivity index (χ4v) is 5.27. The number of carbonyl (C=O) groups is 1. The van der Waals surface area contributed by atoms with E-state index < -0.39 is 5.60 Å². The van der Waals surface area contributed by atoms with Crippen LogP contribution in [0.4, 0.5) is 0 Å². The van der Waals surface area contributed by atoms with Gasteiger partial charge >= 0.3 is 5.97 Å². The maximum atomic E-state index is 11.1. The van der Waals surface area contributed by atoms with Gasteiger partial charge in [-0.1, -0.05) is 20.8 Å². The number of rotatable bonds is 2. The second kappa shape index (κ2) is 4.22. The highest BCUT2D eigenvalue weighted by molar-refractivity contribution is 5.65. The van der Waals surface area contributed by atoms with Crippen LogP contribution in [0.25, 0.3) is 0 Å². The molecule has 3 aliphatic rings. The summed E-state index contributed by atoms with van der Waals surface area (Å²) in [5, 5.41) is 11.1. The molecule has 0 bridgehead atoms. The van der Waals surface area contributed by atoms with Gasteiger partial charge < -0.3 is 9.84 Å². The molecule has 0 saturated heterocycles. The number of esters is 1. The number of fused-ring (bicyclic) bond motifs is 3. The molecule has 5 unspecified atom stereocenters. The molecule has 1 N–H and O–H groups in total. The SMILES string of the molecule is CC(=O)OCC1(O)CCC2C1CC(C)(C)CC1CC12C. The van der Waals surface area contributed by atoms with Gasteiger partial charge in [-0.05, 0) is 60.7 Å². The van der Waals surface area contributed by atoms with E-state index >= 15 is 0 Å². The van der Waals surface area contributed by atoms with Crippen molar-refractivity contribution in [3.8, 4) is 0 Å². The Morgan fingerprint density at radius 2 is 1.90 bits per heavy atom. The van der Waals surface area contributed by atoms with Crippen LogP contribution in [0.2, 0.25) is 0 Å². The maximum Gasteiger partial charge on any atom is 0.302 e. The third-order valence-electron chi connectivity index (χ3n) is 6.47. The summed E-state index contributed by atoms with van der Waals surface area (Å²) in [6, 6.07) is 0. The van der Waals surface area contributed by atoms with E-state index in [-0.39, 0.29) is 23.9 Å². The molecule has 3 aliphatic carbocycles. The first-order valence-corrected chi connectivity index (χ1v) is 8.02. The van der Waals surface area contributed by atoms with Crippen LogP contribution < -0.4 is 0 Å². The molecule has 0 spiro atoms. The first kappa shape index (κ1) is 14.4. The van der Waals surface area contributed by atoms with E-state index in [0.29, 0.717) is 11.3 Å². The fourth-order valence-electron chi connectivity index (χ4n) is 5.27. The highest BCUT2D eigenvalue weighted by Gasteiger charge is 2.65. The van der Waals surface area contributed by atoms with Crippen LogP contribution in [0.15, 0.2) is 0 Å². The summed E-state index contributed by atoms with van der Waals surface area (Å²) in [7, 11) is 0. The molecular formula is C17H28O3. The van der Waals surface area contributed by atoms with E-state index in [1.807, 2.05) is 0 Å². The molecule has 114 valence electrons. The number of hydrogen-bond donors (Lipinski definition) is 1. The van der Waals surface area contributed by atoms with E-state index in [9.17, 15) is 9.90 Å². The van der Waals surface area contributed by atoms with Crippen molar-refractivity contribution in [2.24, 2.45) is 28.6 Å². The van der Waals surface area contributed by atoms with Crippen molar-refractivity contribution in [2.75, 3.05) is 6.61 Å². The van der Waals surface area contributed by atoms with Gasteiger partial charge in [0.05, 0.1) is 0 Å². The van der Waals surface area contributed by atoms with Crippen molar-refractivity contribution < 1.29 is 14.6 Å². The zero-order valence-electron chi connectivity index (χ0n) is 13.2. The molecule has 0 radical (unpaired) electrons. The summed E-state index contributed by atoms with van der Waals surface area (Å²) >= 11 is 0. The number of aliphatic hydroxyl groups is 1. The third-order valence-corrected chi connectivity index (χ3v) is 6.47. The lowest BCUT2D eigenvalue weighted by atomic mass is 9.72. The second-order valence-electron chi connectivity index (χ2n) is 8.61. The van der Waals surface area contributed by atoms with Crippen LogP contribution in [0.3, 0.4) is 0 Å². The van der Waals surface area contributed by atoms with Crippen LogP contribution >= 0.6 is 0 Å². The van der Waals surface area contributed by atoms with Gasteiger partial charge in [0.15, 0.2) is 0 Å². The zero-order valence-corrected chi connectivity index (χ0v) is 13.2. The summed E-state index contributed by atoms with van der Waals surface area (Å²) in [5.41, 5.74) is -0.0797. The molecule has 5 atom stereocenters. The molecule has 0 amide bonds. The lowest BCUT2D eigenvalue weighted by Gasteiger charge is -2.37. The van der Waals surface area contributed by atoms with Gasteiger partial charge in [-0.25, -0.2) is 0 Å². The van der Waals surface area contributed by atoms with E-state index in [0.717, 1.165) is 25.2 Å². The van der Waals surface area contributed by atoms with Crippen LogP contribution in [0, 0.1) is 28.6 Å². The summed E-state index contributed by atoms with van der Waals surface area (Å²) in [6.07, 6.45) is 5.53. The molecule has 3 saturated carbocycles. The van der Waals surface area contributed by atoms with Gasteiger partial charge in [-0.15, -0.1) is 0 Å². The second-order valence-corrected chi connectivity index (χ2v) is 8.61. The summed E-state index contributed by atoms with van der Waals surface area (Å²) in [6.45, 7) is 8.68. The molecule has 0 aromatic heterocycles. The van der Waals surface area contributed by atoms with Gasteiger partial charge in [-0.2, -0.15) is 0 Å².